The van der Waals surface area contributed by atoms with Gasteiger partial charge in [0.15, 0.2) is 12.0 Å². The molecular weight excluding hydrogens is 501 g/mol. The van der Waals surface area contributed by atoms with Crippen LogP contribution < -0.4 is 4.18 Å². The molecule has 0 N–H and O–H groups in total. The van der Waals surface area contributed by atoms with Crippen molar-refractivity contribution < 1.29 is 35.7 Å². The second-order valence-corrected chi connectivity index (χ2v) is 9.97. The summed E-state index contributed by atoms with van der Waals surface area (Å²) < 4.78 is 78.5. The maximum absolute atomic E-state index is 15.5. The minimum atomic E-state index is -4.57. The molecule has 1 aliphatic rings. The molecule has 0 saturated carbocycles. The number of rotatable bonds is 7. The number of ether oxygens (including phenoxy) is 1. The van der Waals surface area contributed by atoms with Gasteiger partial charge in [0, 0.05) is 24.2 Å². The van der Waals surface area contributed by atoms with Gasteiger partial charge in [0.1, 0.15) is 17.4 Å². The average Bonchev–Trinajstić information content (AvgIpc) is 2.78. The summed E-state index contributed by atoms with van der Waals surface area (Å²) in [6.07, 6.45) is 2.82. The smallest absolute Gasteiger partial charge is 0.466 e. The largest absolute Gasteiger partial charge is 0.479 e. The van der Waals surface area contributed by atoms with Gasteiger partial charge in [0.05, 0.1) is 13.2 Å². The lowest BCUT2D eigenvalue weighted by Gasteiger charge is -2.44. The molecule has 10 heteroatoms. The van der Waals surface area contributed by atoms with Crippen molar-refractivity contribution in [2.24, 2.45) is 5.92 Å². The van der Waals surface area contributed by atoms with Gasteiger partial charge in [0.2, 0.25) is 0 Å². The Bertz CT molecular complexity index is 1130. The molecule has 0 bridgehead atoms. The summed E-state index contributed by atoms with van der Waals surface area (Å²) in [5.41, 5.74) is -2.74. The molecule has 2 aromatic rings. The van der Waals surface area contributed by atoms with E-state index in [1.54, 1.807) is 13.0 Å². The van der Waals surface area contributed by atoms with Crippen molar-refractivity contribution in [2.75, 3.05) is 13.7 Å². The number of halogens is 5. The minimum absolute atomic E-state index is 0.0589. The van der Waals surface area contributed by atoms with Crippen molar-refractivity contribution in [2.45, 2.75) is 51.7 Å². The molecule has 0 aliphatic carbocycles. The maximum atomic E-state index is 15.5. The average molecular weight is 530 g/mol. The number of carbonyl (C=O) groups excluding carboxylic acids is 1. The van der Waals surface area contributed by atoms with E-state index in [4.69, 9.17) is 4.18 Å². The summed E-state index contributed by atoms with van der Waals surface area (Å²) >= 11 is -0.597. The molecule has 1 heterocycles. The third kappa shape index (κ3) is 6.39. The summed E-state index contributed by atoms with van der Waals surface area (Å²) in [5.74, 6) is -1.98. The van der Waals surface area contributed by atoms with E-state index in [-0.39, 0.29) is 28.8 Å². The molecule has 0 amide bonds. The van der Waals surface area contributed by atoms with E-state index in [1.807, 2.05) is 25.7 Å². The van der Waals surface area contributed by atoms with Crippen molar-refractivity contribution in [1.82, 2.24) is 4.90 Å². The van der Waals surface area contributed by atoms with Crippen LogP contribution in [0.1, 0.15) is 54.6 Å². The molecule has 4 nitrogen and oxygen atoms in total. The second-order valence-electron chi connectivity index (χ2n) is 9.17. The Kier molecular flexibility index (Phi) is 8.71. The fourth-order valence-electron chi connectivity index (χ4n) is 4.53. The highest BCUT2D eigenvalue weighted by Crippen LogP contribution is 2.44. The first-order valence-electron chi connectivity index (χ1n) is 11.4. The van der Waals surface area contributed by atoms with Gasteiger partial charge in [-0.1, -0.05) is 19.9 Å². The molecule has 0 aromatic heterocycles. The zero-order chi connectivity index (χ0) is 26.8. The molecule has 36 heavy (non-hydrogen) atoms. The lowest BCUT2D eigenvalue weighted by molar-refractivity contribution is -0.134. The van der Waals surface area contributed by atoms with Gasteiger partial charge in [0.25, 0.3) is 0 Å². The Morgan fingerprint density at radius 3 is 2.42 bits per heavy atom. The molecule has 2 unspecified atom stereocenters. The van der Waals surface area contributed by atoms with Gasteiger partial charge < -0.3 is 8.92 Å². The van der Waals surface area contributed by atoms with E-state index in [2.05, 4.69) is 4.74 Å². The van der Waals surface area contributed by atoms with E-state index in [0.717, 1.165) is 18.2 Å². The highest BCUT2D eigenvalue weighted by atomic mass is 32.2. The predicted molar refractivity (Wildman–Crippen MR) is 129 cm³/mol. The van der Waals surface area contributed by atoms with E-state index in [0.29, 0.717) is 29.7 Å². The zero-order valence-electron chi connectivity index (χ0n) is 20.6. The summed E-state index contributed by atoms with van der Waals surface area (Å²) in [7, 11) is 1.20. The number of fused-ring (bicyclic) bond motifs is 1. The first-order valence-corrected chi connectivity index (χ1v) is 12.1. The van der Waals surface area contributed by atoms with Gasteiger partial charge in [-0.2, -0.15) is 13.2 Å². The SMILES string of the molecule is COC(=O)/C=C/c1cc(F)c(C2c3ccc(OSC(F)(F)F)c(C)c3CC(C)N2CC(C)C)c(F)c1. The molecule has 0 radical (unpaired) electrons. The van der Waals surface area contributed by atoms with Gasteiger partial charge in [-0.05, 0) is 72.7 Å². The summed E-state index contributed by atoms with van der Waals surface area (Å²) in [6, 6.07) is 4.35. The summed E-state index contributed by atoms with van der Waals surface area (Å²) in [4.78, 5) is 13.4. The number of hydrogen-bond donors (Lipinski definition) is 0. The molecule has 3 rings (SSSR count). The molecule has 2 atom stereocenters. The van der Waals surface area contributed by atoms with Gasteiger partial charge in [-0.3, -0.25) is 4.90 Å². The van der Waals surface area contributed by atoms with Gasteiger partial charge in [-0.15, -0.1) is 0 Å². The molecule has 0 spiro atoms. The Hall–Kier alpha value is -2.59. The number of benzene rings is 2. The van der Waals surface area contributed by atoms with E-state index >= 15 is 8.78 Å². The maximum Gasteiger partial charge on any atom is 0.479 e. The first-order chi connectivity index (χ1) is 16.8. The Balaban J connectivity index is 2.13. The quantitative estimate of drug-likeness (QED) is 0.167. The summed E-state index contributed by atoms with van der Waals surface area (Å²) in [6.45, 7) is 8.14. The van der Waals surface area contributed by atoms with Crippen molar-refractivity contribution in [3.63, 3.8) is 0 Å². The van der Waals surface area contributed by atoms with Crippen LogP contribution >= 0.6 is 12.0 Å². The van der Waals surface area contributed by atoms with Crippen LogP contribution in [-0.2, 0) is 16.0 Å². The van der Waals surface area contributed by atoms with Crippen LogP contribution in [0, 0.1) is 24.5 Å². The van der Waals surface area contributed by atoms with Crippen LogP contribution in [0.5, 0.6) is 5.75 Å². The zero-order valence-corrected chi connectivity index (χ0v) is 21.4. The lowest BCUT2D eigenvalue weighted by Crippen LogP contribution is -2.45. The number of alkyl halides is 3. The highest BCUT2D eigenvalue weighted by Gasteiger charge is 2.38. The molecule has 0 fully saturated rings. The fourth-order valence-corrected chi connectivity index (χ4v) is 4.90. The standard InChI is InChI=1S/C26H28F5NO3S/c1-14(2)13-32-15(3)10-19-16(4)22(35-36-26(29,30)31)8-7-18(19)25(32)24-20(27)11-17(12-21(24)28)6-9-23(33)34-5/h6-9,11-12,14-15,25H,10,13H2,1-5H3/b9-6+. The lowest BCUT2D eigenvalue weighted by atomic mass is 9.81. The van der Waals surface area contributed by atoms with Crippen LogP contribution in [-0.4, -0.2) is 36.1 Å². The van der Waals surface area contributed by atoms with Crippen LogP contribution in [0.4, 0.5) is 22.0 Å². The van der Waals surface area contributed by atoms with Crippen LogP contribution in [0.25, 0.3) is 6.08 Å². The predicted octanol–water partition coefficient (Wildman–Crippen LogP) is 7.00. The number of nitrogens with zero attached hydrogens (tertiary/aromatic N) is 1. The molecule has 0 saturated heterocycles. The Labute approximate surface area is 211 Å². The molecular formula is C26H28F5NO3S. The minimum Gasteiger partial charge on any atom is -0.466 e. The van der Waals surface area contributed by atoms with Crippen molar-refractivity contribution in [3.8, 4) is 5.75 Å². The number of methoxy groups -OCH3 is 1. The van der Waals surface area contributed by atoms with Crippen LogP contribution in [0.3, 0.4) is 0 Å². The van der Waals surface area contributed by atoms with Crippen molar-refractivity contribution >= 4 is 24.1 Å². The molecule has 196 valence electrons. The van der Waals surface area contributed by atoms with Gasteiger partial charge in [-0.25, -0.2) is 13.6 Å². The van der Waals surface area contributed by atoms with Crippen molar-refractivity contribution in [1.29, 1.82) is 0 Å². The van der Waals surface area contributed by atoms with Crippen molar-refractivity contribution in [3.05, 3.63) is 69.8 Å². The fraction of sp³-hybridized carbons (Fsp3) is 0.423. The Morgan fingerprint density at radius 1 is 1.22 bits per heavy atom. The van der Waals surface area contributed by atoms with E-state index in [1.165, 1.54) is 19.3 Å². The monoisotopic (exact) mass is 529 g/mol. The topological polar surface area (TPSA) is 38.8 Å². The summed E-state index contributed by atoms with van der Waals surface area (Å²) in [5, 5.41) is 0. The Morgan fingerprint density at radius 2 is 1.86 bits per heavy atom. The van der Waals surface area contributed by atoms with Crippen LogP contribution in [0.2, 0.25) is 0 Å². The first kappa shape index (κ1) is 28.0. The van der Waals surface area contributed by atoms with Crippen LogP contribution in [0.15, 0.2) is 30.3 Å². The third-order valence-electron chi connectivity index (χ3n) is 6.07. The number of esters is 1. The third-order valence-corrected chi connectivity index (χ3v) is 6.52. The van der Waals surface area contributed by atoms with E-state index in [9.17, 15) is 18.0 Å². The number of carbonyl (C=O) groups is 1. The highest BCUT2D eigenvalue weighted by molar-refractivity contribution is 7.95. The second kappa shape index (κ2) is 11.2. The van der Waals surface area contributed by atoms with E-state index < -0.39 is 41.2 Å². The molecule has 2 aromatic carbocycles. The van der Waals surface area contributed by atoms with Gasteiger partial charge >= 0.3 is 11.5 Å². The number of hydrogen-bond acceptors (Lipinski definition) is 5. The normalized spacial score (nSPS) is 18.5. The molecule has 1 aliphatic heterocycles.